The van der Waals surface area contributed by atoms with Gasteiger partial charge in [-0.15, -0.1) is 0 Å². The molecule has 25 heavy (non-hydrogen) atoms. The minimum Gasteiger partial charge on any atom is -0.459 e. The van der Waals surface area contributed by atoms with E-state index in [1.54, 1.807) is 0 Å². The summed E-state index contributed by atoms with van der Waals surface area (Å²) in [6.45, 7) is 18.2. The molecule has 2 saturated heterocycles. The first-order valence-corrected chi connectivity index (χ1v) is 13.7. The molecule has 0 aromatic heterocycles. The van der Waals surface area contributed by atoms with Gasteiger partial charge in [0.05, 0.1) is 12.5 Å². The maximum absolute atomic E-state index is 11.9. The van der Waals surface area contributed by atoms with Crippen molar-refractivity contribution in [1.29, 1.82) is 0 Å². The maximum Gasteiger partial charge on any atom is 0.335 e. The molecule has 2 aliphatic heterocycles. The molecular weight excluding hydrogens is 352 g/mol. The van der Waals surface area contributed by atoms with E-state index >= 15 is 0 Å². The fourth-order valence-corrected chi connectivity index (χ4v) is 15.5. The standard InChI is InChI=1S/C18H36O5Si2/c1-12(2)24(13(3)4)20-10-9-16-17(11-18(19)21-16)22-25(23-24,14(5)6)15(7)8/h12-17H,9-11H2,1-8H3/t16-,17+/m1/s1. The van der Waals surface area contributed by atoms with E-state index in [0.29, 0.717) is 30.5 Å². The van der Waals surface area contributed by atoms with Crippen LogP contribution in [0.4, 0.5) is 0 Å². The highest BCUT2D eigenvalue weighted by Crippen LogP contribution is 2.46. The number of carbonyl (C=O) groups excluding carboxylic acids is 1. The molecular formula is C18H36O5Si2. The van der Waals surface area contributed by atoms with Gasteiger partial charge >= 0.3 is 23.1 Å². The third-order valence-corrected chi connectivity index (χ3v) is 16.0. The Morgan fingerprint density at radius 1 is 0.840 bits per heavy atom. The molecule has 0 bridgehead atoms. The Hall–Kier alpha value is -0.216. The third kappa shape index (κ3) is 3.90. The van der Waals surface area contributed by atoms with Gasteiger partial charge in [-0.3, -0.25) is 4.79 Å². The Morgan fingerprint density at radius 2 is 1.36 bits per heavy atom. The van der Waals surface area contributed by atoms with E-state index in [-0.39, 0.29) is 29.3 Å². The lowest BCUT2D eigenvalue weighted by molar-refractivity contribution is -0.142. The van der Waals surface area contributed by atoms with Crippen molar-refractivity contribution in [2.45, 2.75) is 103 Å². The summed E-state index contributed by atoms with van der Waals surface area (Å²) >= 11 is 0. The van der Waals surface area contributed by atoms with Crippen molar-refractivity contribution in [1.82, 2.24) is 0 Å². The molecule has 0 unspecified atom stereocenters. The van der Waals surface area contributed by atoms with Gasteiger partial charge in [-0.2, -0.15) is 0 Å². The number of ether oxygens (including phenoxy) is 1. The van der Waals surface area contributed by atoms with Gasteiger partial charge < -0.3 is 17.7 Å². The largest absolute Gasteiger partial charge is 0.459 e. The molecule has 146 valence electrons. The van der Waals surface area contributed by atoms with Gasteiger partial charge in [-0.25, -0.2) is 0 Å². The van der Waals surface area contributed by atoms with Crippen LogP contribution in [0.25, 0.3) is 0 Å². The monoisotopic (exact) mass is 388 g/mol. The van der Waals surface area contributed by atoms with Gasteiger partial charge in [0, 0.05) is 13.0 Å². The van der Waals surface area contributed by atoms with Crippen LogP contribution in [0.5, 0.6) is 0 Å². The molecule has 2 aliphatic rings. The minimum atomic E-state index is -2.62. The molecule has 2 heterocycles. The van der Waals surface area contributed by atoms with E-state index in [2.05, 4.69) is 55.4 Å². The minimum absolute atomic E-state index is 0.165. The summed E-state index contributed by atoms with van der Waals surface area (Å²) in [6, 6.07) is 0. The Bertz CT molecular complexity index is 462. The van der Waals surface area contributed by atoms with E-state index in [1.165, 1.54) is 0 Å². The van der Waals surface area contributed by atoms with Crippen LogP contribution < -0.4 is 0 Å². The van der Waals surface area contributed by atoms with Crippen LogP contribution in [0.15, 0.2) is 0 Å². The van der Waals surface area contributed by atoms with Crippen molar-refractivity contribution in [3.8, 4) is 0 Å². The number of carbonyl (C=O) groups is 1. The number of hydrogen-bond donors (Lipinski definition) is 0. The average Bonchev–Trinajstić information content (AvgIpc) is 2.85. The van der Waals surface area contributed by atoms with E-state index < -0.39 is 17.1 Å². The zero-order valence-corrected chi connectivity index (χ0v) is 19.1. The summed E-state index contributed by atoms with van der Waals surface area (Å²) in [5.41, 5.74) is 1.21. The van der Waals surface area contributed by atoms with Crippen molar-refractivity contribution in [3.63, 3.8) is 0 Å². The predicted molar refractivity (Wildman–Crippen MR) is 103 cm³/mol. The summed E-state index contributed by atoms with van der Waals surface area (Å²) < 4.78 is 25.9. The molecule has 0 amide bonds. The molecule has 0 radical (unpaired) electrons. The van der Waals surface area contributed by atoms with Crippen molar-refractivity contribution in [3.05, 3.63) is 0 Å². The second-order valence-electron chi connectivity index (χ2n) is 8.69. The zero-order chi connectivity index (χ0) is 19.0. The van der Waals surface area contributed by atoms with Crippen LogP contribution in [0.3, 0.4) is 0 Å². The average molecular weight is 389 g/mol. The van der Waals surface area contributed by atoms with E-state index in [9.17, 15) is 4.79 Å². The van der Waals surface area contributed by atoms with Crippen LogP contribution in [-0.2, 0) is 22.5 Å². The fourth-order valence-electron chi connectivity index (χ4n) is 4.24. The number of rotatable bonds is 4. The topological polar surface area (TPSA) is 54.0 Å². The van der Waals surface area contributed by atoms with Gasteiger partial charge in [-0.05, 0) is 22.2 Å². The normalized spacial score (nSPS) is 29.5. The van der Waals surface area contributed by atoms with E-state index in [4.69, 9.17) is 17.7 Å². The molecule has 0 aromatic rings. The molecule has 0 saturated carbocycles. The van der Waals surface area contributed by atoms with Gasteiger partial charge in [0.2, 0.25) is 0 Å². The van der Waals surface area contributed by atoms with Crippen LogP contribution in [0, 0.1) is 0 Å². The highest BCUT2D eigenvalue weighted by molar-refractivity contribution is 6.83. The lowest BCUT2D eigenvalue weighted by Gasteiger charge is -2.48. The lowest BCUT2D eigenvalue weighted by Crippen LogP contribution is -2.61. The Labute approximate surface area is 155 Å². The highest BCUT2D eigenvalue weighted by atomic mass is 28.5. The van der Waals surface area contributed by atoms with Crippen molar-refractivity contribution >= 4 is 23.1 Å². The van der Waals surface area contributed by atoms with Gasteiger partial charge in [0.25, 0.3) is 0 Å². The zero-order valence-electron chi connectivity index (χ0n) is 17.1. The van der Waals surface area contributed by atoms with Crippen LogP contribution in [-0.4, -0.2) is 41.9 Å². The van der Waals surface area contributed by atoms with Gasteiger partial charge in [-0.1, -0.05) is 55.4 Å². The van der Waals surface area contributed by atoms with E-state index in [1.807, 2.05) is 0 Å². The molecule has 2 rings (SSSR count). The first-order valence-electron chi connectivity index (χ1n) is 9.76. The summed E-state index contributed by atoms with van der Waals surface area (Å²) in [7, 11) is -5.11. The number of esters is 1. The van der Waals surface area contributed by atoms with Crippen LogP contribution >= 0.6 is 0 Å². The number of hydrogen-bond acceptors (Lipinski definition) is 5. The number of fused-ring (bicyclic) bond motifs is 1. The third-order valence-electron chi connectivity index (χ3n) is 5.67. The molecule has 0 aliphatic carbocycles. The molecule has 2 atom stereocenters. The van der Waals surface area contributed by atoms with Crippen LogP contribution in [0.2, 0.25) is 22.2 Å². The molecule has 5 nitrogen and oxygen atoms in total. The quantitative estimate of drug-likeness (QED) is 0.518. The molecule has 0 N–H and O–H groups in total. The smallest absolute Gasteiger partial charge is 0.335 e. The molecule has 0 aromatic carbocycles. The van der Waals surface area contributed by atoms with Crippen molar-refractivity contribution in [2.24, 2.45) is 0 Å². The van der Waals surface area contributed by atoms with Crippen molar-refractivity contribution in [2.75, 3.05) is 6.61 Å². The first-order chi connectivity index (χ1) is 11.5. The first kappa shape index (κ1) is 21.1. The predicted octanol–water partition coefficient (Wildman–Crippen LogP) is 4.65. The van der Waals surface area contributed by atoms with Gasteiger partial charge in [0.1, 0.15) is 6.10 Å². The maximum atomic E-state index is 11.9. The van der Waals surface area contributed by atoms with E-state index in [0.717, 1.165) is 0 Å². The summed E-state index contributed by atoms with van der Waals surface area (Å²) in [6.07, 6.45) is 0.621. The second-order valence-corrected chi connectivity index (χ2v) is 17.5. The summed E-state index contributed by atoms with van der Waals surface area (Å²) in [4.78, 5) is 11.9. The molecule has 7 heteroatoms. The lowest BCUT2D eigenvalue weighted by atomic mass is 10.1. The van der Waals surface area contributed by atoms with Crippen LogP contribution in [0.1, 0.15) is 68.2 Å². The Morgan fingerprint density at radius 3 is 1.84 bits per heavy atom. The SMILES string of the molecule is CC(C)[Si]1(C(C)C)OCC[C@H]2OC(=O)C[C@@H]2O[Si](C(C)C)(C(C)C)O1. The van der Waals surface area contributed by atoms with Gasteiger partial charge in [0.15, 0.2) is 0 Å². The summed E-state index contributed by atoms with van der Waals surface area (Å²) in [5.74, 6) is -0.165. The van der Waals surface area contributed by atoms with Crippen molar-refractivity contribution < 1.29 is 22.5 Å². The highest BCUT2D eigenvalue weighted by Gasteiger charge is 2.58. The Kier molecular flexibility index (Phi) is 6.58. The molecule has 2 fully saturated rings. The summed E-state index contributed by atoms with van der Waals surface area (Å²) in [5, 5.41) is 0. The second kappa shape index (κ2) is 7.80. The molecule has 0 spiro atoms. The Balaban J connectivity index is 2.51. The fraction of sp³-hybridized carbons (Fsp3) is 0.944.